The summed E-state index contributed by atoms with van der Waals surface area (Å²) in [7, 11) is 0. The molecule has 1 aromatic carbocycles. The van der Waals surface area contributed by atoms with Gasteiger partial charge in [-0.2, -0.15) is 11.8 Å². The number of nitro benzene ring substituents is 1. The van der Waals surface area contributed by atoms with Gasteiger partial charge < -0.3 is 10.7 Å². The molecule has 1 aromatic rings. The van der Waals surface area contributed by atoms with Crippen molar-refractivity contribution in [3.63, 3.8) is 0 Å². The second kappa shape index (κ2) is 8.48. The average Bonchev–Trinajstić information content (AvgIpc) is 2.46. The van der Waals surface area contributed by atoms with Gasteiger partial charge >= 0.3 is 0 Å². The Morgan fingerprint density at radius 3 is 2.81 bits per heavy atom. The lowest BCUT2D eigenvalue weighted by Crippen LogP contribution is -2.33. The van der Waals surface area contributed by atoms with E-state index in [1.54, 1.807) is 11.8 Å². The van der Waals surface area contributed by atoms with Crippen molar-refractivity contribution in [2.24, 2.45) is 5.84 Å². The molecule has 0 fully saturated rings. The zero-order chi connectivity index (χ0) is 15.8. The predicted molar refractivity (Wildman–Crippen MR) is 85.5 cm³/mol. The smallest absolute Gasteiger partial charge is 0.282 e. The minimum Gasteiger partial charge on any atom is -0.349 e. The van der Waals surface area contributed by atoms with E-state index in [4.69, 9.17) is 5.84 Å². The van der Waals surface area contributed by atoms with E-state index in [1.165, 1.54) is 18.2 Å². The highest BCUT2D eigenvalue weighted by Gasteiger charge is 2.21. The van der Waals surface area contributed by atoms with Crippen LogP contribution in [0.1, 0.15) is 30.6 Å². The molecule has 1 amide bonds. The highest BCUT2D eigenvalue weighted by atomic mass is 32.2. The molecule has 0 heterocycles. The van der Waals surface area contributed by atoms with Gasteiger partial charge in [-0.1, -0.05) is 6.92 Å². The van der Waals surface area contributed by atoms with E-state index in [9.17, 15) is 14.9 Å². The van der Waals surface area contributed by atoms with Crippen molar-refractivity contribution < 1.29 is 9.72 Å². The molecule has 8 heteroatoms. The number of nitro groups is 1. The van der Waals surface area contributed by atoms with Crippen LogP contribution in [0.4, 0.5) is 11.4 Å². The summed E-state index contributed by atoms with van der Waals surface area (Å²) in [6.45, 7) is 3.95. The number of hydrogen-bond acceptors (Lipinski definition) is 6. The van der Waals surface area contributed by atoms with Crippen LogP contribution >= 0.6 is 11.8 Å². The molecule has 116 valence electrons. The topological polar surface area (TPSA) is 110 Å². The molecule has 1 rings (SSSR count). The fourth-order valence-corrected chi connectivity index (χ4v) is 2.55. The average molecular weight is 312 g/mol. The molecule has 0 radical (unpaired) electrons. The maximum absolute atomic E-state index is 12.2. The summed E-state index contributed by atoms with van der Waals surface area (Å²) in [6, 6.07) is 4.05. The molecule has 0 aliphatic rings. The van der Waals surface area contributed by atoms with Gasteiger partial charge in [-0.25, -0.2) is 0 Å². The molecule has 0 bridgehead atoms. The second-order valence-corrected chi connectivity index (χ2v) is 5.89. The number of nitrogens with zero attached hydrogens (tertiary/aromatic N) is 1. The Hall–Kier alpha value is -1.80. The number of hydrazine groups is 1. The number of anilines is 1. The van der Waals surface area contributed by atoms with Gasteiger partial charge in [0.2, 0.25) is 0 Å². The number of carbonyl (C=O) groups excluding carboxylic acids is 1. The van der Waals surface area contributed by atoms with E-state index < -0.39 is 10.8 Å². The first kappa shape index (κ1) is 17.3. The molecule has 1 unspecified atom stereocenters. The van der Waals surface area contributed by atoms with Crippen molar-refractivity contribution in [3.05, 3.63) is 33.9 Å². The highest BCUT2D eigenvalue weighted by molar-refractivity contribution is 7.99. The summed E-state index contributed by atoms with van der Waals surface area (Å²) in [5.74, 6) is 6.77. The fraction of sp³-hybridized carbons (Fsp3) is 0.462. The molecule has 1 atom stereocenters. The Morgan fingerprint density at radius 2 is 2.24 bits per heavy atom. The first-order valence-electron chi connectivity index (χ1n) is 6.63. The number of nitrogens with one attached hydrogen (secondary N) is 2. The lowest BCUT2D eigenvalue weighted by atomic mass is 10.1. The predicted octanol–water partition coefficient (Wildman–Crippen LogP) is 2.14. The van der Waals surface area contributed by atoms with Crippen molar-refractivity contribution >= 4 is 29.0 Å². The molecular weight excluding hydrogens is 292 g/mol. The molecule has 0 aliphatic heterocycles. The molecule has 0 saturated heterocycles. The minimum absolute atomic E-state index is 0.00504. The van der Waals surface area contributed by atoms with Crippen LogP contribution in [-0.4, -0.2) is 28.4 Å². The van der Waals surface area contributed by atoms with Crippen LogP contribution in [0.3, 0.4) is 0 Å². The number of nitrogen functional groups attached to an aromatic ring is 1. The normalized spacial score (nSPS) is 11.8. The Kier molecular flexibility index (Phi) is 6.97. The van der Waals surface area contributed by atoms with Gasteiger partial charge in [-0.05, 0) is 37.0 Å². The summed E-state index contributed by atoms with van der Waals surface area (Å²) < 4.78 is 0. The van der Waals surface area contributed by atoms with E-state index in [2.05, 4.69) is 17.7 Å². The Morgan fingerprint density at radius 1 is 1.52 bits per heavy atom. The van der Waals surface area contributed by atoms with E-state index in [0.29, 0.717) is 5.69 Å². The van der Waals surface area contributed by atoms with Gasteiger partial charge in [0.1, 0.15) is 5.56 Å². The first-order valence-corrected chi connectivity index (χ1v) is 7.78. The minimum atomic E-state index is -0.577. The highest BCUT2D eigenvalue weighted by Crippen LogP contribution is 2.22. The molecule has 21 heavy (non-hydrogen) atoms. The summed E-state index contributed by atoms with van der Waals surface area (Å²) in [5.41, 5.74) is 2.59. The SMILES string of the molecule is CCSCCC(C)NC(=O)c1cc(NN)ccc1[N+](=O)[O-]. The third-order valence-electron chi connectivity index (χ3n) is 2.88. The lowest BCUT2D eigenvalue weighted by Gasteiger charge is -2.14. The summed E-state index contributed by atoms with van der Waals surface area (Å²) in [5, 5.41) is 13.8. The Balaban J connectivity index is 2.82. The van der Waals surface area contributed by atoms with Crippen LogP contribution in [0.2, 0.25) is 0 Å². The molecular formula is C13H20N4O3S. The van der Waals surface area contributed by atoms with Crippen LogP contribution in [0.15, 0.2) is 18.2 Å². The van der Waals surface area contributed by atoms with E-state index in [0.717, 1.165) is 17.9 Å². The van der Waals surface area contributed by atoms with Gasteiger partial charge in [0, 0.05) is 17.8 Å². The lowest BCUT2D eigenvalue weighted by molar-refractivity contribution is -0.385. The van der Waals surface area contributed by atoms with Crippen molar-refractivity contribution in [1.29, 1.82) is 0 Å². The maximum Gasteiger partial charge on any atom is 0.282 e. The van der Waals surface area contributed by atoms with Gasteiger partial charge in [-0.3, -0.25) is 20.8 Å². The monoisotopic (exact) mass is 312 g/mol. The second-order valence-electron chi connectivity index (χ2n) is 4.49. The summed E-state index contributed by atoms with van der Waals surface area (Å²) in [6.07, 6.45) is 0.812. The molecule has 4 N–H and O–H groups in total. The van der Waals surface area contributed by atoms with Crippen molar-refractivity contribution in [2.75, 3.05) is 16.9 Å². The van der Waals surface area contributed by atoms with Crippen LogP contribution in [0.25, 0.3) is 0 Å². The van der Waals surface area contributed by atoms with Gasteiger partial charge in [0.05, 0.1) is 4.92 Å². The quantitative estimate of drug-likeness (QED) is 0.293. The fourth-order valence-electron chi connectivity index (χ4n) is 1.75. The number of carbonyl (C=O) groups is 1. The zero-order valence-electron chi connectivity index (χ0n) is 12.1. The standard InChI is InChI=1S/C13H20N4O3S/c1-3-21-7-6-9(2)15-13(18)11-8-10(16-14)4-5-12(11)17(19)20/h4-5,8-9,16H,3,6-7,14H2,1-2H3,(H,15,18). The number of rotatable bonds is 8. The van der Waals surface area contributed by atoms with Gasteiger partial charge in [0.15, 0.2) is 0 Å². The van der Waals surface area contributed by atoms with E-state index in [1.807, 2.05) is 6.92 Å². The Labute approximate surface area is 127 Å². The van der Waals surface area contributed by atoms with Gasteiger partial charge in [-0.15, -0.1) is 0 Å². The van der Waals surface area contributed by atoms with Crippen LogP contribution in [0, 0.1) is 10.1 Å². The molecule has 0 aromatic heterocycles. The van der Waals surface area contributed by atoms with Crippen molar-refractivity contribution in [3.8, 4) is 0 Å². The molecule has 7 nitrogen and oxygen atoms in total. The summed E-state index contributed by atoms with van der Waals surface area (Å²) >= 11 is 1.79. The first-order chi connectivity index (χ1) is 9.99. The number of amides is 1. The number of thioether (sulfide) groups is 1. The largest absolute Gasteiger partial charge is 0.349 e. The number of nitrogens with two attached hydrogens (primary N) is 1. The molecule has 0 aliphatic carbocycles. The number of benzene rings is 1. The third kappa shape index (κ3) is 5.24. The molecule has 0 spiro atoms. The Bertz CT molecular complexity index is 510. The van der Waals surface area contributed by atoms with E-state index >= 15 is 0 Å². The maximum atomic E-state index is 12.2. The van der Waals surface area contributed by atoms with Crippen molar-refractivity contribution in [2.45, 2.75) is 26.3 Å². The van der Waals surface area contributed by atoms with Crippen LogP contribution < -0.4 is 16.6 Å². The third-order valence-corrected chi connectivity index (χ3v) is 3.81. The van der Waals surface area contributed by atoms with E-state index in [-0.39, 0.29) is 17.3 Å². The van der Waals surface area contributed by atoms with Crippen LogP contribution in [0.5, 0.6) is 0 Å². The molecule has 0 saturated carbocycles. The van der Waals surface area contributed by atoms with Crippen LogP contribution in [-0.2, 0) is 0 Å². The summed E-state index contributed by atoms with van der Waals surface area (Å²) in [4.78, 5) is 22.6. The zero-order valence-corrected chi connectivity index (χ0v) is 12.9. The number of hydrogen-bond donors (Lipinski definition) is 3. The van der Waals surface area contributed by atoms with Gasteiger partial charge in [0.25, 0.3) is 11.6 Å². The van der Waals surface area contributed by atoms with Crippen molar-refractivity contribution in [1.82, 2.24) is 5.32 Å².